The lowest BCUT2D eigenvalue weighted by atomic mass is 10.0. The van der Waals surface area contributed by atoms with Crippen molar-refractivity contribution in [3.63, 3.8) is 0 Å². The second kappa shape index (κ2) is 9.82. The smallest absolute Gasteiger partial charge is 0.341 e. The maximum absolute atomic E-state index is 13.2. The molecule has 1 aliphatic rings. The predicted molar refractivity (Wildman–Crippen MR) is 126 cm³/mol. The van der Waals surface area contributed by atoms with E-state index in [1.165, 1.54) is 19.1 Å². The summed E-state index contributed by atoms with van der Waals surface area (Å²) in [5.74, 6) is -0.903. The molecule has 0 spiro atoms. The normalized spacial score (nSPS) is 15.2. The van der Waals surface area contributed by atoms with Gasteiger partial charge < -0.3 is 24.8 Å². The van der Waals surface area contributed by atoms with E-state index in [0.29, 0.717) is 36.1 Å². The van der Waals surface area contributed by atoms with Crippen molar-refractivity contribution < 1.29 is 29.0 Å². The zero-order chi connectivity index (χ0) is 24.2. The molecule has 0 bridgehead atoms. The Bertz CT molecular complexity index is 1260. The molecule has 1 heterocycles. The van der Waals surface area contributed by atoms with Crippen LogP contribution < -0.4 is 10.1 Å². The van der Waals surface area contributed by atoms with Gasteiger partial charge in [0.15, 0.2) is 0 Å². The molecular weight excluding hydrogens is 436 g/mol. The van der Waals surface area contributed by atoms with Gasteiger partial charge in [-0.1, -0.05) is 36.4 Å². The number of amides is 2. The molecule has 0 saturated carbocycles. The van der Waals surface area contributed by atoms with Gasteiger partial charge in [0.05, 0.1) is 19.8 Å². The number of hydrogen-bond donors (Lipinski definition) is 2. The van der Waals surface area contributed by atoms with Crippen molar-refractivity contribution in [2.24, 2.45) is 0 Å². The third-order valence-corrected chi connectivity index (χ3v) is 6.08. The summed E-state index contributed by atoms with van der Waals surface area (Å²) in [4.78, 5) is 39.7. The van der Waals surface area contributed by atoms with Crippen LogP contribution >= 0.6 is 0 Å². The van der Waals surface area contributed by atoms with Crippen LogP contribution in [-0.4, -0.2) is 54.6 Å². The number of nitrogens with one attached hydrogen (secondary N) is 1. The van der Waals surface area contributed by atoms with Crippen molar-refractivity contribution in [3.8, 4) is 11.5 Å². The fourth-order valence-electron chi connectivity index (χ4n) is 4.31. The van der Waals surface area contributed by atoms with Crippen molar-refractivity contribution in [1.29, 1.82) is 0 Å². The highest BCUT2D eigenvalue weighted by molar-refractivity contribution is 6.05. The average Bonchev–Trinajstić information content (AvgIpc) is 3.37. The minimum atomic E-state index is -0.642. The number of aromatic hydroxyl groups is 1. The second-order valence-corrected chi connectivity index (χ2v) is 8.08. The van der Waals surface area contributed by atoms with Gasteiger partial charge in [0.25, 0.3) is 5.91 Å². The number of phenols is 1. The maximum Gasteiger partial charge on any atom is 0.341 e. The standard InChI is InChI=1S/C26H26N2O6/c1-33-22-12-9-16(14-20(22)26(32)34-2)15-27-24(30)21-8-5-13-28(21)25(31)19-11-10-17-6-3-4-7-18(17)23(19)29/h3-4,6-7,9-12,14,21,29H,5,8,13,15H2,1-2H3,(H,27,30). The number of ether oxygens (including phenoxy) is 2. The summed E-state index contributed by atoms with van der Waals surface area (Å²) in [5, 5.41) is 15.0. The molecule has 176 valence electrons. The van der Waals surface area contributed by atoms with E-state index in [9.17, 15) is 19.5 Å². The lowest BCUT2D eigenvalue weighted by molar-refractivity contribution is -0.125. The van der Waals surface area contributed by atoms with E-state index < -0.39 is 12.0 Å². The summed E-state index contributed by atoms with van der Waals surface area (Å²) in [5.41, 5.74) is 1.13. The Hall–Kier alpha value is -4.07. The Morgan fingerprint density at radius 2 is 1.85 bits per heavy atom. The summed E-state index contributed by atoms with van der Waals surface area (Å²) in [7, 11) is 2.75. The highest BCUT2D eigenvalue weighted by atomic mass is 16.5. The van der Waals surface area contributed by atoms with E-state index in [4.69, 9.17) is 9.47 Å². The lowest BCUT2D eigenvalue weighted by Crippen LogP contribution is -2.45. The van der Waals surface area contributed by atoms with Gasteiger partial charge in [0.2, 0.25) is 5.91 Å². The van der Waals surface area contributed by atoms with Crippen molar-refractivity contribution in [3.05, 3.63) is 71.3 Å². The summed E-state index contributed by atoms with van der Waals surface area (Å²) in [6.07, 6.45) is 1.22. The predicted octanol–water partition coefficient (Wildman–Crippen LogP) is 3.26. The van der Waals surface area contributed by atoms with Crippen molar-refractivity contribution in [2.45, 2.75) is 25.4 Å². The van der Waals surface area contributed by atoms with E-state index in [2.05, 4.69) is 5.32 Å². The molecule has 1 atom stereocenters. The van der Waals surface area contributed by atoms with Gasteiger partial charge in [0, 0.05) is 18.5 Å². The topological polar surface area (TPSA) is 105 Å². The molecule has 34 heavy (non-hydrogen) atoms. The van der Waals surface area contributed by atoms with Gasteiger partial charge in [-0.25, -0.2) is 4.79 Å². The molecule has 1 fully saturated rings. The summed E-state index contributed by atoms with van der Waals surface area (Å²) in [6.45, 7) is 0.602. The van der Waals surface area contributed by atoms with Crippen molar-refractivity contribution in [1.82, 2.24) is 10.2 Å². The van der Waals surface area contributed by atoms with Crippen LogP contribution in [0.4, 0.5) is 0 Å². The van der Waals surface area contributed by atoms with Crippen LogP contribution in [0, 0.1) is 0 Å². The first-order chi connectivity index (χ1) is 16.4. The highest BCUT2D eigenvalue weighted by Gasteiger charge is 2.35. The third-order valence-electron chi connectivity index (χ3n) is 6.08. The lowest BCUT2D eigenvalue weighted by Gasteiger charge is -2.24. The SMILES string of the molecule is COC(=O)c1cc(CNC(=O)C2CCCN2C(=O)c2ccc3ccccc3c2O)ccc1OC. The molecule has 2 N–H and O–H groups in total. The summed E-state index contributed by atoms with van der Waals surface area (Å²) in [6, 6.07) is 15.0. The van der Waals surface area contributed by atoms with Crippen LogP contribution in [0.15, 0.2) is 54.6 Å². The number of benzene rings is 3. The third kappa shape index (κ3) is 4.39. The van der Waals surface area contributed by atoms with Gasteiger partial charge in [-0.15, -0.1) is 0 Å². The first-order valence-electron chi connectivity index (χ1n) is 11.0. The van der Waals surface area contributed by atoms with Gasteiger partial charge in [0.1, 0.15) is 23.1 Å². The fraction of sp³-hybridized carbons (Fsp3) is 0.269. The number of rotatable bonds is 6. The number of likely N-dealkylation sites (tertiary alicyclic amines) is 1. The van der Waals surface area contributed by atoms with Crippen molar-refractivity contribution in [2.75, 3.05) is 20.8 Å². The van der Waals surface area contributed by atoms with E-state index in [0.717, 1.165) is 5.39 Å². The minimum Gasteiger partial charge on any atom is -0.506 e. The molecular formula is C26H26N2O6. The number of fused-ring (bicyclic) bond motifs is 1. The van der Waals surface area contributed by atoms with Crippen LogP contribution in [-0.2, 0) is 16.1 Å². The van der Waals surface area contributed by atoms with E-state index in [1.54, 1.807) is 42.5 Å². The molecule has 1 saturated heterocycles. The highest BCUT2D eigenvalue weighted by Crippen LogP contribution is 2.31. The van der Waals surface area contributed by atoms with E-state index in [-0.39, 0.29) is 35.2 Å². The van der Waals surface area contributed by atoms with Gasteiger partial charge >= 0.3 is 5.97 Å². The molecule has 1 unspecified atom stereocenters. The summed E-state index contributed by atoms with van der Waals surface area (Å²) < 4.78 is 9.98. The molecule has 3 aromatic rings. The number of nitrogens with zero attached hydrogens (tertiary/aromatic N) is 1. The molecule has 1 aliphatic heterocycles. The van der Waals surface area contributed by atoms with E-state index >= 15 is 0 Å². The Morgan fingerprint density at radius 3 is 2.62 bits per heavy atom. The largest absolute Gasteiger partial charge is 0.506 e. The van der Waals surface area contributed by atoms with Crippen LogP contribution in [0.2, 0.25) is 0 Å². The molecule has 0 radical (unpaired) electrons. The Kier molecular flexibility index (Phi) is 6.67. The monoisotopic (exact) mass is 462 g/mol. The molecule has 0 aliphatic carbocycles. The fourth-order valence-corrected chi connectivity index (χ4v) is 4.31. The van der Waals surface area contributed by atoms with Gasteiger partial charge in [-0.05, 0) is 42.0 Å². The first kappa shape index (κ1) is 23.1. The number of phenolic OH excluding ortho intramolecular Hbond substituents is 1. The number of carbonyl (C=O) groups is 3. The number of esters is 1. The second-order valence-electron chi connectivity index (χ2n) is 8.08. The number of methoxy groups -OCH3 is 2. The molecule has 8 nitrogen and oxygen atoms in total. The summed E-state index contributed by atoms with van der Waals surface area (Å²) >= 11 is 0. The van der Waals surface area contributed by atoms with Crippen molar-refractivity contribution >= 4 is 28.6 Å². The van der Waals surface area contributed by atoms with E-state index in [1.807, 2.05) is 12.1 Å². The van der Waals surface area contributed by atoms with Crippen LogP contribution in [0.5, 0.6) is 11.5 Å². The average molecular weight is 463 g/mol. The first-order valence-corrected chi connectivity index (χ1v) is 11.0. The molecule has 3 aromatic carbocycles. The number of hydrogen-bond acceptors (Lipinski definition) is 6. The van der Waals surface area contributed by atoms with Gasteiger partial charge in [-0.3, -0.25) is 9.59 Å². The Morgan fingerprint density at radius 1 is 1.06 bits per heavy atom. The Balaban J connectivity index is 1.48. The molecule has 2 amide bonds. The molecule has 4 rings (SSSR count). The van der Waals surface area contributed by atoms with Crippen LogP contribution in [0.3, 0.4) is 0 Å². The van der Waals surface area contributed by atoms with Crippen LogP contribution in [0.1, 0.15) is 39.1 Å². The quantitative estimate of drug-likeness (QED) is 0.545. The maximum atomic E-state index is 13.2. The number of carbonyl (C=O) groups excluding carboxylic acids is 3. The zero-order valence-corrected chi connectivity index (χ0v) is 19.0. The Labute approximate surface area is 197 Å². The van der Waals surface area contributed by atoms with Crippen LogP contribution in [0.25, 0.3) is 10.8 Å². The minimum absolute atomic E-state index is 0.0808. The molecule has 0 aromatic heterocycles. The molecule has 8 heteroatoms. The zero-order valence-electron chi connectivity index (χ0n) is 19.0. The van der Waals surface area contributed by atoms with Gasteiger partial charge in [-0.2, -0.15) is 0 Å².